The molecule has 0 aliphatic heterocycles. The summed E-state index contributed by atoms with van der Waals surface area (Å²) in [6.45, 7) is 3.99. The van der Waals surface area contributed by atoms with Gasteiger partial charge in [0.15, 0.2) is 0 Å². The maximum absolute atomic E-state index is 12.2. The number of carbonyl (C=O) groups is 1. The zero-order valence-corrected chi connectivity index (χ0v) is 14.0. The summed E-state index contributed by atoms with van der Waals surface area (Å²) in [5.74, 6) is 0.0471. The monoisotopic (exact) mass is 306 g/mol. The molecule has 0 radical (unpaired) electrons. The van der Waals surface area contributed by atoms with Crippen LogP contribution in [0.2, 0.25) is 0 Å². The summed E-state index contributed by atoms with van der Waals surface area (Å²) in [5.41, 5.74) is 2.06. The molecule has 1 aromatic rings. The van der Waals surface area contributed by atoms with Gasteiger partial charge in [0.05, 0.1) is 6.04 Å². The van der Waals surface area contributed by atoms with Crippen molar-refractivity contribution in [2.75, 3.05) is 11.6 Å². The van der Waals surface area contributed by atoms with E-state index in [4.69, 9.17) is 0 Å². The molecule has 3 nitrogen and oxygen atoms in total. The normalized spacial score (nSPS) is 23.6. The summed E-state index contributed by atoms with van der Waals surface area (Å²) >= 11 is 1.97. The van der Waals surface area contributed by atoms with Crippen molar-refractivity contribution in [2.45, 2.75) is 56.9 Å². The predicted molar refractivity (Wildman–Crippen MR) is 92.0 cm³/mol. The van der Waals surface area contributed by atoms with Crippen LogP contribution in [-0.2, 0) is 4.79 Å². The number of amides is 1. The highest BCUT2D eigenvalue weighted by molar-refractivity contribution is 7.99. The van der Waals surface area contributed by atoms with Gasteiger partial charge in [-0.15, -0.1) is 0 Å². The van der Waals surface area contributed by atoms with Crippen molar-refractivity contribution in [2.24, 2.45) is 0 Å². The third-order valence-corrected chi connectivity index (χ3v) is 5.34. The lowest BCUT2D eigenvalue weighted by atomic mass is 9.94. The first-order chi connectivity index (χ1) is 10.1. The fourth-order valence-corrected chi connectivity index (χ4v) is 3.53. The molecule has 2 N–H and O–H groups in total. The molecular weight excluding hydrogens is 280 g/mol. The van der Waals surface area contributed by atoms with E-state index in [1.54, 1.807) is 0 Å². The highest BCUT2D eigenvalue weighted by Gasteiger charge is 2.23. The van der Waals surface area contributed by atoms with Crippen LogP contribution in [0, 0.1) is 6.92 Å². The summed E-state index contributed by atoms with van der Waals surface area (Å²) in [5, 5.41) is 7.25. The Bertz CT molecular complexity index is 452. The van der Waals surface area contributed by atoms with Gasteiger partial charge in [-0.3, -0.25) is 4.79 Å². The summed E-state index contributed by atoms with van der Waals surface area (Å²) < 4.78 is 0. The highest BCUT2D eigenvalue weighted by Crippen LogP contribution is 2.27. The first-order valence-corrected chi connectivity index (χ1v) is 9.03. The lowest BCUT2D eigenvalue weighted by molar-refractivity contribution is -0.118. The number of anilines is 1. The van der Waals surface area contributed by atoms with Crippen molar-refractivity contribution in [1.82, 2.24) is 5.32 Å². The van der Waals surface area contributed by atoms with Crippen LogP contribution in [-0.4, -0.2) is 29.5 Å². The quantitative estimate of drug-likeness (QED) is 0.873. The maximum Gasteiger partial charge on any atom is 0.241 e. The van der Waals surface area contributed by atoms with Gasteiger partial charge in [-0.1, -0.05) is 17.7 Å². The van der Waals surface area contributed by atoms with E-state index in [9.17, 15) is 4.79 Å². The lowest BCUT2D eigenvalue weighted by Crippen LogP contribution is -2.45. The Morgan fingerprint density at radius 3 is 2.38 bits per heavy atom. The van der Waals surface area contributed by atoms with E-state index >= 15 is 0 Å². The smallest absolute Gasteiger partial charge is 0.241 e. The number of carbonyl (C=O) groups excluding carboxylic acids is 1. The molecule has 1 unspecified atom stereocenters. The zero-order chi connectivity index (χ0) is 15.2. The summed E-state index contributed by atoms with van der Waals surface area (Å²) in [7, 11) is 0. The van der Waals surface area contributed by atoms with E-state index in [1.807, 2.05) is 49.9 Å². The van der Waals surface area contributed by atoms with Gasteiger partial charge in [0.1, 0.15) is 0 Å². The Balaban J connectivity index is 1.78. The Morgan fingerprint density at radius 2 is 1.81 bits per heavy atom. The molecule has 1 amide bonds. The third-order valence-electron chi connectivity index (χ3n) is 4.21. The molecule has 1 atom stereocenters. The first-order valence-electron chi connectivity index (χ1n) is 7.75. The Morgan fingerprint density at radius 1 is 1.19 bits per heavy atom. The SMILES string of the molecule is CSC1CCC(NC(C)C(=O)Nc2ccc(C)cc2)CC1. The largest absolute Gasteiger partial charge is 0.325 e. The van der Waals surface area contributed by atoms with E-state index in [-0.39, 0.29) is 11.9 Å². The van der Waals surface area contributed by atoms with Gasteiger partial charge in [0.2, 0.25) is 5.91 Å². The lowest BCUT2D eigenvalue weighted by Gasteiger charge is -2.30. The van der Waals surface area contributed by atoms with Gasteiger partial charge < -0.3 is 10.6 Å². The Hall–Kier alpha value is -1.00. The van der Waals surface area contributed by atoms with E-state index in [0.717, 1.165) is 10.9 Å². The van der Waals surface area contributed by atoms with Crippen LogP contribution in [0.25, 0.3) is 0 Å². The van der Waals surface area contributed by atoms with Crippen LogP contribution < -0.4 is 10.6 Å². The molecule has 0 aromatic heterocycles. The van der Waals surface area contributed by atoms with E-state index < -0.39 is 0 Å². The van der Waals surface area contributed by atoms with Crippen molar-refractivity contribution in [3.05, 3.63) is 29.8 Å². The number of rotatable bonds is 5. The number of benzene rings is 1. The average molecular weight is 306 g/mol. The number of aryl methyl sites for hydroxylation is 1. The molecule has 1 saturated carbocycles. The molecule has 1 fully saturated rings. The van der Waals surface area contributed by atoms with Gasteiger partial charge >= 0.3 is 0 Å². The molecule has 2 rings (SSSR count). The van der Waals surface area contributed by atoms with Crippen LogP contribution in [0.15, 0.2) is 24.3 Å². The second kappa shape index (κ2) is 7.85. The second-order valence-electron chi connectivity index (χ2n) is 5.95. The van der Waals surface area contributed by atoms with Gasteiger partial charge in [0, 0.05) is 17.0 Å². The maximum atomic E-state index is 12.2. The van der Waals surface area contributed by atoms with Crippen LogP contribution in [0.1, 0.15) is 38.2 Å². The highest BCUT2D eigenvalue weighted by atomic mass is 32.2. The number of nitrogens with one attached hydrogen (secondary N) is 2. The van der Waals surface area contributed by atoms with Crippen molar-refractivity contribution in [3.63, 3.8) is 0 Å². The molecule has 21 heavy (non-hydrogen) atoms. The number of hydrogen-bond donors (Lipinski definition) is 2. The number of hydrogen-bond acceptors (Lipinski definition) is 3. The first kappa shape index (κ1) is 16.4. The summed E-state index contributed by atoms with van der Waals surface area (Å²) in [4.78, 5) is 12.2. The standard InChI is InChI=1S/C17H26N2OS/c1-12-4-6-15(7-5-12)19-17(20)13(2)18-14-8-10-16(21-3)11-9-14/h4-7,13-14,16,18H,8-11H2,1-3H3,(H,19,20). The van der Waals surface area contributed by atoms with Crippen molar-refractivity contribution < 1.29 is 4.79 Å². The fourth-order valence-electron chi connectivity index (χ4n) is 2.78. The minimum Gasteiger partial charge on any atom is -0.325 e. The molecule has 0 heterocycles. The van der Waals surface area contributed by atoms with E-state index in [2.05, 4.69) is 16.9 Å². The molecule has 1 aliphatic rings. The molecule has 4 heteroatoms. The average Bonchev–Trinajstić information content (AvgIpc) is 2.50. The van der Waals surface area contributed by atoms with E-state index in [1.165, 1.54) is 31.2 Å². The van der Waals surface area contributed by atoms with E-state index in [0.29, 0.717) is 6.04 Å². The second-order valence-corrected chi connectivity index (χ2v) is 7.09. The third kappa shape index (κ3) is 5.04. The molecular formula is C17H26N2OS. The van der Waals surface area contributed by atoms with Crippen LogP contribution in [0.5, 0.6) is 0 Å². The van der Waals surface area contributed by atoms with Gasteiger partial charge in [-0.25, -0.2) is 0 Å². The number of thioether (sulfide) groups is 1. The van der Waals surface area contributed by atoms with Crippen LogP contribution in [0.3, 0.4) is 0 Å². The molecule has 1 aromatic carbocycles. The minimum atomic E-state index is -0.151. The summed E-state index contributed by atoms with van der Waals surface area (Å²) in [6.07, 6.45) is 7.05. The van der Waals surface area contributed by atoms with Crippen LogP contribution in [0.4, 0.5) is 5.69 Å². The van der Waals surface area contributed by atoms with Crippen molar-refractivity contribution in [3.8, 4) is 0 Å². The fraction of sp³-hybridized carbons (Fsp3) is 0.588. The van der Waals surface area contributed by atoms with Crippen molar-refractivity contribution in [1.29, 1.82) is 0 Å². The molecule has 1 aliphatic carbocycles. The van der Waals surface area contributed by atoms with Gasteiger partial charge in [-0.05, 0) is 57.9 Å². The minimum absolute atomic E-state index is 0.0471. The molecule has 116 valence electrons. The molecule has 0 bridgehead atoms. The predicted octanol–water partition coefficient (Wildman–Crippen LogP) is 3.59. The van der Waals surface area contributed by atoms with Crippen LogP contribution >= 0.6 is 11.8 Å². The topological polar surface area (TPSA) is 41.1 Å². The molecule has 0 saturated heterocycles. The van der Waals surface area contributed by atoms with Crippen molar-refractivity contribution >= 4 is 23.4 Å². The van der Waals surface area contributed by atoms with Gasteiger partial charge in [-0.2, -0.15) is 11.8 Å². The van der Waals surface area contributed by atoms with Gasteiger partial charge in [0.25, 0.3) is 0 Å². The zero-order valence-electron chi connectivity index (χ0n) is 13.2. The molecule has 0 spiro atoms. The Labute approximate surface area is 132 Å². The summed E-state index contributed by atoms with van der Waals surface area (Å²) in [6, 6.07) is 8.25. The Kier molecular flexibility index (Phi) is 6.12.